The highest BCUT2D eigenvalue weighted by Crippen LogP contribution is 2.27. The van der Waals surface area contributed by atoms with Gasteiger partial charge in [-0.05, 0) is 12.5 Å². The van der Waals surface area contributed by atoms with Crippen molar-refractivity contribution in [3.05, 3.63) is 35.4 Å². The number of esters is 1. The van der Waals surface area contributed by atoms with E-state index in [9.17, 15) is 9.59 Å². The van der Waals surface area contributed by atoms with Crippen molar-refractivity contribution < 1.29 is 14.3 Å². The van der Waals surface area contributed by atoms with Gasteiger partial charge in [0.25, 0.3) is 0 Å². The summed E-state index contributed by atoms with van der Waals surface area (Å²) in [6, 6.07) is 7.63. The molecule has 1 aromatic carbocycles. The van der Waals surface area contributed by atoms with Crippen LogP contribution >= 0.6 is 0 Å². The van der Waals surface area contributed by atoms with Gasteiger partial charge in [-0.2, -0.15) is 0 Å². The van der Waals surface area contributed by atoms with Gasteiger partial charge in [-0.1, -0.05) is 29.8 Å². The van der Waals surface area contributed by atoms with Crippen molar-refractivity contribution in [2.75, 3.05) is 0 Å². The summed E-state index contributed by atoms with van der Waals surface area (Å²) < 4.78 is 4.91. The molecule has 3 heteroatoms. The van der Waals surface area contributed by atoms with Gasteiger partial charge in [0.2, 0.25) is 5.78 Å². The molecule has 0 radical (unpaired) electrons. The summed E-state index contributed by atoms with van der Waals surface area (Å²) in [5, 5.41) is 0. The van der Waals surface area contributed by atoms with E-state index in [1.165, 1.54) is 0 Å². The molecule has 0 N–H and O–H groups in total. The van der Waals surface area contributed by atoms with Crippen molar-refractivity contribution in [3.8, 4) is 0 Å². The molecule has 0 saturated carbocycles. The smallest absolute Gasteiger partial charge is 0.375 e. The Morgan fingerprint density at radius 1 is 1.21 bits per heavy atom. The minimum atomic E-state index is -0.712. The molecule has 0 aromatic heterocycles. The number of ether oxygens (including phenoxy) is 1. The van der Waals surface area contributed by atoms with Crippen LogP contribution in [0.2, 0.25) is 0 Å². The summed E-state index contributed by atoms with van der Waals surface area (Å²) in [5.74, 6) is -1.15. The first-order chi connectivity index (χ1) is 6.66. The van der Waals surface area contributed by atoms with E-state index in [0.29, 0.717) is 0 Å². The number of carbonyl (C=O) groups excluding carboxylic acids is 2. The Kier molecular flexibility index (Phi) is 2.08. The van der Waals surface area contributed by atoms with Gasteiger partial charge >= 0.3 is 5.97 Å². The number of hydrogen-bond donors (Lipinski definition) is 0. The SMILES string of the molecule is Cc1ccc(C2CC(=O)C(=O)O2)cc1. The molecule has 2 rings (SSSR count). The molecule has 1 aromatic rings. The normalized spacial score (nSPS) is 21.1. The highest BCUT2D eigenvalue weighted by atomic mass is 16.6. The lowest BCUT2D eigenvalue weighted by Crippen LogP contribution is -2.03. The average Bonchev–Trinajstić information content (AvgIpc) is 2.48. The molecule has 1 saturated heterocycles. The molecule has 1 aliphatic rings. The molecule has 1 atom stereocenters. The van der Waals surface area contributed by atoms with Gasteiger partial charge in [-0.25, -0.2) is 4.79 Å². The molecule has 3 nitrogen and oxygen atoms in total. The van der Waals surface area contributed by atoms with Gasteiger partial charge in [-0.3, -0.25) is 4.79 Å². The highest BCUT2D eigenvalue weighted by molar-refractivity contribution is 6.35. The van der Waals surface area contributed by atoms with E-state index in [0.717, 1.165) is 11.1 Å². The Balaban J connectivity index is 2.21. The number of hydrogen-bond acceptors (Lipinski definition) is 3. The molecule has 1 unspecified atom stereocenters. The third-order valence-corrected chi connectivity index (χ3v) is 2.30. The standard InChI is InChI=1S/C11H10O3/c1-7-2-4-8(5-3-7)10-6-9(12)11(13)14-10/h2-5,10H,6H2,1H3. The van der Waals surface area contributed by atoms with Crippen LogP contribution < -0.4 is 0 Å². The zero-order valence-electron chi connectivity index (χ0n) is 7.82. The molecule has 0 bridgehead atoms. The number of cyclic esters (lactones) is 1. The van der Waals surface area contributed by atoms with Crippen LogP contribution in [0.3, 0.4) is 0 Å². The van der Waals surface area contributed by atoms with E-state index >= 15 is 0 Å². The van der Waals surface area contributed by atoms with Crippen LogP contribution in [0.4, 0.5) is 0 Å². The summed E-state index contributed by atoms with van der Waals surface area (Å²) in [6.07, 6.45) is -0.211. The van der Waals surface area contributed by atoms with Gasteiger partial charge in [0.15, 0.2) is 0 Å². The maximum absolute atomic E-state index is 11.0. The molecule has 1 aliphatic heterocycles. The lowest BCUT2D eigenvalue weighted by molar-refractivity contribution is -0.149. The fourth-order valence-electron chi connectivity index (χ4n) is 1.46. The first-order valence-corrected chi connectivity index (χ1v) is 4.47. The largest absolute Gasteiger partial charge is 0.451 e. The monoisotopic (exact) mass is 190 g/mol. The summed E-state index contributed by atoms with van der Waals surface area (Å²) in [5.41, 5.74) is 2.03. The van der Waals surface area contributed by atoms with Gasteiger partial charge < -0.3 is 4.74 Å². The summed E-state index contributed by atoms with van der Waals surface area (Å²) in [4.78, 5) is 21.8. The lowest BCUT2D eigenvalue weighted by atomic mass is 10.1. The van der Waals surface area contributed by atoms with Crippen molar-refractivity contribution in [2.45, 2.75) is 19.4 Å². The molecule has 0 amide bonds. The minimum absolute atomic E-state index is 0.169. The molecule has 0 spiro atoms. The van der Waals surface area contributed by atoms with Gasteiger partial charge in [0.1, 0.15) is 6.10 Å². The highest BCUT2D eigenvalue weighted by Gasteiger charge is 2.33. The summed E-state index contributed by atoms with van der Waals surface area (Å²) in [7, 11) is 0. The Bertz CT molecular complexity index is 362. The number of carbonyl (C=O) groups is 2. The van der Waals surface area contributed by atoms with Gasteiger partial charge in [0, 0.05) is 0 Å². The minimum Gasteiger partial charge on any atom is -0.451 e. The molecular weight excluding hydrogens is 180 g/mol. The maximum atomic E-state index is 11.0. The van der Waals surface area contributed by atoms with E-state index in [1.54, 1.807) is 0 Å². The van der Waals surface area contributed by atoms with Gasteiger partial charge in [-0.15, -0.1) is 0 Å². The predicted molar refractivity (Wildman–Crippen MR) is 49.6 cm³/mol. The zero-order valence-corrected chi connectivity index (χ0v) is 7.82. The number of ketones is 1. The second kappa shape index (κ2) is 3.25. The van der Waals surface area contributed by atoms with Crippen LogP contribution in [0.1, 0.15) is 23.7 Å². The third-order valence-electron chi connectivity index (χ3n) is 2.30. The Morgan fingerprint density at radius 3 is 2.36 bits per heavy atom. The average molecular weight is 190 g/mol. The van der Waals surface area contributed by atoms with Crippen molar-refractivity contribution in [2.24, 2.45) is 0 Å². The Hall–Kier alpha value is -1.64. The first-order valence-electron chi connectivity index (χ1n) is 4.47. The van der Waals surface area contributed by atoms with E-state index in [1.807, 2.05) is 31.2 Å². The van der Waals surface area contributed by atoms with Gasteiger partial charge in [0.05, 0.1) is 6.42 Å². The zero-order chi connectivity index (χ0) is 10.1. The molecule has 1 heterocycles. The van der Waals surface area contributed by atoms with Crippen LogP contribution in [0.15, 0.2) is 24.3 Å². The molecule has 14 heavy (non-hydrogen) atoms. The predicted octanol–water partition coefficient (Wildman–Crippen LogP) is 1.55. The fraction of sp³-hybridized carbons (Fsp3) is 0.273. The lowest BCUT2D eigenvalue weighted by Gasteiger charge is -2.07. The first kappa shape index (κ1) is 8.94. The topological polar surface area (TPSA) is 43.4 Å². The quantitative estimate of drug-likeness (QED) is 0.498. The Labute approximate surface area is 81.7 Å². The molecule has 1 fully saturated rings. The maximum Gasteiger partial charge on any atom is 0.375 e. The second-order valence-corrected chi connectivity index (χ2v) is 3.43. The number of rotatable bonds is 1. The van der Waals surface area contributed by atoms with Crippen molar-refractivity contribution in [1.29, 1.82) is 0 Å². The van der Waals surface area contributed by atoms with E-state index in [-0.39, 0.29) is 12.5 Å². The Morgan fingerprint density at radius 2 is 1.86 bits per heavy atom. The van der Waals surface area contributed by atoms with E-state index in [4.69, 9.17) is 4.74 Å². The van der Waals surface area contributed by atoms with Crippen LogP contribution in [0.5, 0.6) is 0 Å². The van der Waals surface area contributed by atoms with Crippen molar-refractivity contribution >= 4 is 11.8 Å². The van der Waals surface area contributed by atoms with E-state index in [2.05, 4.69) is 0 Å². The molecular formula is C11H10O3. The third kappa shape index (κ3) is 1.53. The van der Waals surface area contributed by atoms with Crippen LogP contribution in [-0.2, 0) is 14.3 Å². The number of Topliss-reactive ketones (excluding diaryl/α,β-unsaturated/α-hetero) is 1. The van der Waals surface area contributed by atoms with Crippen LogP contribution in [0, 0.1) is 6.92 Å². The summed E-state index contributed by atoms with van der Waals surface area (Å²) >= 11 is 0. The van der Waals surface area contributed by atoms with Crippen molar-refractivity contribution in [3.63, 3.8) is 0 Å². The van der Waals surface area contributed by atoms with Crippen molar-refractivity contribution in [1.82, 2.24) is 0 Å². The number of benzene rings is 1. The van der Waals surface area contributed by atoms with E-state index < -0.39 is 11.8 Å². The summed E-state index contributed by atoms with van der Waals surface area (Å²) in [6.45, 7) is 1.98. The molecule has 72 valence electrons. The second-order valence-electron chi connectivity index (χ2n) is 3.43. The van der Waals surface area contributed by atoms with Crippen LogP contribution in [-0.4, -0.2) is 11.8 Å². The molecule has 0 aliphatic carbocycles. The van der Waals surface area contributed by atoms with Crippen LogP contribution in [0.25, 0.3) is 0 Å². The number of aryl methyl sites for hydroxylation is 1. The fourth-order valence-corrected chi connectivity index (χ4v) is 1.46.